The molecule has 134 valence electrons. The third-order valence-corrected chi connectivity index (χ3v) is 4.34. The number of nitrogens with zero attached hydrogens (tertiary/aromatic N) is 3. The van der Waals surface area contributed by atoms with Gasteiger partial charge in [0.2, 0.25) is 5.91 Å². The fraction of sp³-hybridized carbons (Fsp3) is 0.333. The Morgan fingerprint density at radius 1 is 1.35 bits per heavy atom. The molecule has 1 aromatic carbocycles. The number of urea groups is 1. The number of H-pyrrole nitrogens is 1. The monoisotopic (exact) mass is 352 g/mol. The van der Waals surface area contributed by atoms with Crippen LogP contribution in [0.2, 0.25) is 0 Å². The Balaban J connectivity index is 1.70. The van der Waals surface area contributed by atoms with Crippen LogP contribution in [0, 0.1) is 11.3 Å². The minimum Gasteiger partial charge on any atom is -0.350 e. The molecule has 0 spiro atoms. The van der Waals surface area contributed by atoms with Gasteiger partial charge in [0.15, 0.2) is 0 Å². The highest BCUT2D eigenvalue weighted by atomic mass is 16.2. The van der Waals surface area contributed by atoms with Crippen molar-refractivity contribution in [2.45, 2.75) is 32.5 Å². The summed E-state index contributed by atoms with van der Waals surface area (Å²) in [4.78, 5) is 33.9. The normalized spacial score (nSPS) is 15.7. The van der Waals surface area contributed by atoms with Gasteiger partial charge in [-0.2, -0.15) is 5.26 Å². The van der Waals surface area contributed by atoms with Gasteiger partial charge in [0.25, 0.3) is 0 Å². The molecule has 0 aliphatic carbocycles. The largest absolute Gasteiger partial charge is 0.350 e. The lowest BCUT2D eigenvalue weighted by molar-refractivity contribution is -0.126. The van der Waals surface area contributed by atoms with Gasteiger partial charge >= 0.3 is 6.03 Å². The topological polar surface area (TPSA) is 114 Å². The van der Waals surface area contributed by atoms with E-state index in [2.05, 4.69) is 26.7 Å². The lowest BCUT2D eigenvalue weighted by Crippen LogP contribution is -2.55. The van der Waals surface area contributed by atoms with Crippen LogP contribution in [0.3, 0.4) is 0 Å². The average Bonchev–Trinajstić information content (AvgIpc) is 3.13. The maximum absolute atomic E-state index is 12.7. The highest BCUT2D eigenvalue weighted by molar-refractivity contribution is 5.87. The predicted molar refractivity (Wildman–Crippen MR) is 93.7 cm³/mol. The second-order valence-corrected chi connectivity index (χ2v) is 6.04. The van der Waals surface area contributed by atoms with Gasteiger partial charge in [-0.25, -0.2) is 9.78 Å². The summed E-state index contributed by atoms with van der Waals surface area (Å²) in [5, 5.41) is 14.5. The first-order valence-electron chi connectivity index (χ1n) is 8.44. The molecule has 0 fully saturated rings. The number of carbonyl (C=O) groups is 2. The molecule has 0 saturated carbocycles. The maximum atomic E-state index is 12.7. The van der Waals surface area contributed by atoms with E-state index >= 15 is 0 Å². The van der Waals surface area contributed by atoms with Crippen LogP contribution in [-0.2, 0) is 24.3 Å². The van der Waals surface area contributed by atoms with Crippen molar-refractivity contribution >= 4 is 11.9 Å². The molecular formula is C18H20N6O2. The number of amides is 3. The molecule has 8 nitrogen and oxygen atoms in total. The number of benzene rings is 1. The van der Waals surface area contributed by atoms with Gasteiger partial charge in [0.05, 0.1) is 35.9 Å². The quantitative estimate of drug-likeness (QED) is 0.763. The Bertz CT molecular complexity index is 836. The SMILES string of the molecule is CCNC(=O)N1Cc2[nH]cnc2C[C@H]1C(=O)NCc1ccc(C#N)cc1. The standard InChI is InChI=1S/C18H20N6O2/c1-2-20-18(26)24-10-15-14(22-11-23-15)7-16(24)17(25)21-9-13-5-3-12(8-19)4-6-13/h3-6,11,16H,2,7,9-10H2,1H3,(H,20,26)(H,21,25)(H,22,23)/t16-/m0/s1. The fourth-order valence-corrected chi connectivity index (χ4v) is 2.94. The van der Waals surface area contributed by atoms with Crippen LogP contribution < -0.4 is 10.6 Å². The van der Waals surface area contributed by atoms with Gasteiger partial charge in [-0.15, -0.1) is 0 Å². The van der Waals surface area contributed by atoms with Crippen molar-refractivity contribution < 1.29 is 9.59 Å². The highest BCUT2D eigenvalue weighted by Crippen LogP contribution is 2.21. The fourth-order valence-electron chi connectivity index (χ4n) is 2.94. The van der Waals surface area contributed by atoms with E-state index in [4.69, 9.17) is 5.26 Å². The number of aromatic nitrogens is 2. The number of nitrogens with one attached hydrogen (secondary N) is 3. The van der Waals surface area contributed by atoms with Crippen LogP contribution in [-0.4, -0.2) is 39.4 Å². The molecule has 0 bridgehead atoms. The zero-order valence-electron chi connectivity index (χ0n) is 14.5. The van der Waals surface area contributed by atoms with E-state index in [-0.39, 0.29) is 11.9 Å². The first-order chi connectivity index (χ1) is 12.6. The van der Waals surface area contributed by atoms with Crippen molar-refractivity contribution in [2.24, 2.45) is 0 Å². The second kappa shape index (κ2) is 7.70. The summed E-state index contributed by atoms with van der Waals surface area (Å²) in [6.45, 7) is 2.97. The van der Waals surface area contributed by atoms with Crippen molar-refractivity contribution in [2.75, 3.05) is 6.54 Å². The average molecular weight is 352 g/mol. The first-order valence-corrected chi connectivity index (χ1v) is 8.44. The van der Waals surface area contributed by atoms with Crippen molar-refractivity contribution in [1.82, 2.24) is 25.5 Å². The molecule has 2 aromatic rings. The van der Waals surface area contributed by atoms with Gasteiger partial charge < -0.3 is 20.5 Å². The summed E-state index contributed by atoms with van der Waals surface area (Å²) >= 11 is 0. The third kappa shape index (κ3) is 3.67. The first kappa shape index (κ1) is 17.5. The van der Waals surface area contributed by atoms with Crippen molar-refractivity contribution in [1.29, 1.82) is 5.26 Å². The Labute approximate surface area is 151 Å². The van der Waals surface area contributed by atoms with Crippen LogP contribution in [0.4, 0.5) is 4.79 Å². The number of nitriles is 1. The Hall–Kier alpha value is -3.34. The third-order valence-electron chi connectivity index (χ3n) is 4.34. The van der Waals surface area contributed by atoms with Crippen molar-refractivity contribution in [3.63, 3.8) is 0 Å². The summed E-state index contributed by atoms with van der Waals surface area (Å²) in [5.41, 5.74) is 3.12. The van der Waals surface area contributed by atoms with E-state index in [1.807, 2.05) is 6.92 Å². The van der Waals surface area contributed by atoms with Crippen LogP contribution in [0.15, 0.2) is 30.6 Å². The summed E-state index contributed by atoms with van der Waals surface area (Å²) in [6.07, 6.45) is 1.95. The molecular weight excluding hydrogens is 332 g/mol. The van der Waals surface area contributed by atoms with E-state index < -0.39 is 6.04 Å². The molecule has 1 aliphatic rings. The van der Waals surface area contributed by atoms with Gasteiger partial charge in [0.1, 0.15) is 6.04 Å². The number of imidazole rings is 1. The van der Waals surface area contributed by atoms with Gasteiger partial charge in [-0.1, -0.05) is 12.1 Å². The molecule has 3 rings (SSSR count). The molecule has 0 unspecified atom stereocenters. The molecule has 3 N–H and O–H groups in total. The lowest BCUT2D eigenvalue weighted by atomic mass is 10.0. The van der Waals surface area contributed by atoms with Crippen molar-refractivity contribution in [3.05, 3.63) is 53.1 Å². The summed E-state index contributed by atoms with van der Waals surface area (Å²) in [6, 6.07) is 8.18. The van der Waals surface area contributed by atoms with E-state index in [0.717, 1.165) is 17.0 Å². The van der Waals surface area contributed by atoms with E-state index in [0.29, 0.717) is 31.6 Å². The molecule has 0 radical (unpaired) electrons. The van der Waals surface area contributed by atoms with E-state index in [1.165, 1.54) is 4.90 Å². The van der Waals surface area contributed by atoms with Crippen LogP contribution in [0.5, 0.6) is 0 Å². The molecule has 2 heterocycles. The van der Waals surface area contributed by atoms with Crippen LogP contribution in [0.1, 0.15) is 29.4 Å². The maximum Gasteiger partial charge on any atom is 0.318 e. The Morgan fingerprint density at radius 3 is 2.81 bits per heavy atom. The molecule has 1 atom stereocenters. The predicted octanol–water partition coefficient (Wildman–Crippen LogP) is 1.05. The van der Waals surface area contributed by atoms with Gasteiger partial charge in [-0.3, -0.25) is 4.79 Å². The zero-order chi connectivity index (χ0) is 18.5. The number of rotatable bonds is 4. The lowest BCUT2D eigenvalue weighted by Gasteiger charge is -2.34. The number of hydrogen-bond acceptors (Lipinski definition) is 4. The minimum absolute atomic E-state index is 0.228. The molecule has 1 aromatic heterocycles. The Morgan fingerprint density at radius 2 is 2.12 bits per heavy atom. The Kier molecular flexibility index (Phi) is 5.17. The molecule has 8 heteroatoms. The number of fused-ring (bicyclic) bond motifs is 1. The molecule has 0 saturated heterocycles. The minimum atomic E-state index is -0.615. The number of hydrogen-bond donors (Lipinski definition) is 3. The smallest absolute Gasteiger partial charge is 0.318 e. The number of aromatic amines is 1. The summed E-state index contributed by atoms with van der Waals surface area (Å²) in [7, 11) is 0. The second-order valence-electron chi connectivity index (χ2n) is 6.04. The van der Waals surface area contributed by atoms with Crippen molar-refractivity contribution in [3.8, 4) is 6.07 Å². The van der Waals surface area contributed by atoms with Crippen LogP contribution in [0.25, 0.3) is 0 Å². The molecule has 3 amide bonds. The number of carbonyl (C=O) groups excluding carboxylic acids is 2. The zero-order valence-corrected chi connectivity index (χ0v) is 14.5. The van der Waals surface area contributed by atoms with Gasteiger partial charge in [0, 0.05) is 19.5 Å². The molecule has 1 aliphatic heterocycles. The van der Waals surface area contributed by atoms with E-state index in [9.17, 15) is 9.59 Å². The summed E-state index contributed by atoms with van der Waals surface area (Å²) < 4.78 is 0. The summed E-state index contributed by atoms with van der Waals surface area (Å²) in [5.74, 6) is -0.228. The molecule has 26 heavy (non-hydrogen) atoms. The van der Waals surface area contributed by atoms with Gasteiger partial charge in [-0.05, 0) is 24.6 Å². The highest BCUT2D eigenvalue weighted by Gasteiger charge is 2.35. The van der Waals surface area contributed by atoms with Crippen LogP contribution >= 0.6 is 0 Å². The van der Waals surface area contributed by atoms with E-state index in [1.54, 1.807) is 30.6 Å².